The van der Waals surface area contributed by atoms with Gasteiger partial charge in [0.25, 0.3) is 10.0 Å². The second-order valence-electron chi connectivity index (χ2n) is 5.43. The zero-order valence-electron chi connectivity index (χ0n) is 13.7. The fourth-order valence-electron chi connectivity index (χ4n) is 1.89. The van der Waals surface area contributed by atoms with E-state index in [1.54, 1.807) is 13.0 Å². The second-order valence-corrected chi connectivity index (χ2v) is 8.14. The molecule has 0 radical (unpaired) electrons. The van der Waals surface area contributed by atoms with Crippen LogP contribution in [-0.2, 0) is 22.7 Å². The molecule has 11 heteroatoms. The number of rotatable bonds is 8. The number of aliphatic hydroxyl groups excluding tert-OH is 1. The number of alkyl halides is 3. The molecule has 0 aliphatic carbocycles. The van der Waals surface area contributed by atoms with E-state index in [4.69, 9.17) is 0 Å². The lowest BCUT2D eigenvalue weighted by molar-refractivity contribution is -0.137. The Bertz CT molecular complexity index is 838. The summed E-state index contributed by atoms with van der Waals surface area (Å²) in [5, 5.41) is 13.0. The number of anilines is 1. The van der Waals surface area contributed by atoms with Crippen LogP contribution < -0.4 is 10.0 Å². The second kappa shape index (κ2) is 8.33. The Morgan fingerprint density at radius 2 is 2.08 bits per heavy atom. The van der Waals surface area contributed by atoms with E-state index in [-0.39, 0.29) is 28.8 Å². The molecule has 2 aromatic heterocycles. The number of thiophene rings is 1. The van der Waals surface area contributed by atoms with Crippen LogP contribution in [0, 0.1) is 0 Å². The van der Waals surface area contributed by atoms with Crippen molar-refractivity contribution in [2.75, 3.05) is 11.9 Å². The van der Waals surface area contributed by atoms with Crippen LogP contribution in [0.3, 0.4) is 0 Å². The van der Waals surface area contributed by atoms with E-state index in [2.05, 4.69) is 15.0 Å². The number of aromatic nitrogens is 1. The summed E-state index contributed by atoms with van der Waals surface area (Å²) in [6, 6.07) is 5.22. The van der Waals surface area contributed by atoms with Crippen molar-refractivity contribution < 1.29 is 26.7 Å². The van der Waals surface area contributed by atoms with Crippen LogP contribution in [0.2, 0.25) is 0 Å². The van der Waals surface area contributed by atoms with Crippen molar-refractivity contribution in [3.05, 3.63) is 40.1 Å². The van der Waals surface area contributed by atoms with Crippen molar-refractivity contribution in [2.24, 2.45) is 0 Å². The SMILES string of the molecule is CC[C@H](O)CNc1cccc(S(=O)(=O)NCc2cc(C(F)(F)F)cs2)n1. The quantitative estimate of drug-likeness (QED) is 0.624. The summed E-state index contributed by atoms with van der Waals surface area (Å²) < 4.78 is 64.5. The van der Waals surface area contributed by atoms with Gasteiger partial charge < -0.3 is 10.4 Å². The first-order chi connectivity index (χ1) is 12.1. The van der Waals surface area contributed by atoms with E-state index in [0.29, 0.717) is 6.42 Å². The predicted molar refractivity (Wildman–Crippen MR) is 92.4 cm³/mol. The standard InChI is InChI=1S/C15H18F3N3O3S2/c1-2-11(22)7-19-13-4-3-5-14(21-13)26(23,24)20-8-12-6-10(9-25-12)15(16,17)18/h3-6,9,11,20,22H,2,7-8H2,1H3,(H,19,21)/t11-/m0/s1. The average Bonchev–Trinajstić information content (AvgIpc) is 3.08. The number of sulfonamides is 1. The molecule has 0 unspecified atom stereocenters. The lowest BCUT2D eigenvalue weighted by atomic mass is 10.3. The minimum atomic E-state index is -4.46. The number of hydrogen-bond donors (Lipinski definition) is 3. The molecule has 0 saturated carbocycles. The highest BCUT2D eigenvalue weighted by Crippen LogP contribution is 2.32. The molecular weight excluding hydrogens is 391 g/mol. The molecule has 0 aliphatic heterocycles. The first-order valence-electron chi connectivity index (χ1n) is 7.65. The highest BCUT2D eigenvalue weighted by Gasteiger charge is 2.31. The van der Waals surface area contributed by atoms with E-state index >= 15 is 0 Å². The van der Waals surface area contributed by atoms with Crippen molar-refractivity contribution in [3.63, 3.8) is 0 Å². The third-order valence-corrected chi connectivity index (χ3v) is 5.65. The average molecular weight is 409 g/mol. The van der Waals surface area contributed by atoms with E-state index in [1.807, 2.05) is 0 Å². The van der Waals surface area contributed by atoms with Gasteiger partial charge in [0.2, 0.25) is 0 Å². The monoisotopic (exact) mass is 409 g/mol. The topological polar surface area (TPSA) is 91.3 Å². The molecule has 1 atom stereocenters. The molecule has 26 heavy (non-hydrogen) atoms. The Morgan fingerprint density at radius 3 is 2.69 bits per heavy atom. The maximum atomic E-state index is 12.6. The third-order valence-electron chi connectivity index (χ3n) is 3.41. The molecule has 144 valence electrons. The van der Waals surface area contributed by atoms with E-state index in [9.17, 15) is 26.7 Å². The number of halogens is 3. The van der Waals surface area contributed by atoms with Crippen molar-refractivity contribution >= 4 is 27.2 Å². The molecule has 2 rings (SSSR count). The third kappa shape index (κ3) is 5.66. The van der Waals surface area contributed by atoms with Gasteiger partial charge in [0.1, 0.15) is 5.82 Å². The summed E-state index contributed by atoms with van der Waals surface area (Å²) >= 11 is 0.822. The molecule has 0 fully saturated rings. The Kier molecular flexibility index (Phi) is 6.61. The van der Waals surface area contributed by atoms with Crippen LogP contribution in [0.5, 0.6) is 0 Å². The van der Waals surface area contributed by atoms with Gasteiger partial charge in [-0.1, -0.05) is 13.0 Å². The van der Waals surface area contributed by atoms with Gasteiger partial charge in [0.15, 0.2) is 5.03 Å². The summed E-state index contributed by atoms with van der Waals surface area (Å²) in [6.45, 7) is 1.76. The van der Waals surface area contributed by atoms with Crippen LogP contribution in [0.25, 0.3) is 0 Å². The van der Waals surface area contributed by atoms with Crippen LogP contribution in [0.15, 0.2) is 34.7 Å². The first kappa shape index (κ1) is 20.6. The van der Waals surface area contributed by atoms with Gasteiger partial charge >= 0.3 is 6.18 Å². The Labute approximate surface area is 153 Å². The molecule has 0 saturated heterocycles. The minimum absolute atomic E-state index is 0.218. The van der Waals surface area contributed by atoms with Gasteiger partial charge in [0, 0.05) is 23.3 Å². The van der Waals surface area contributed by atoms with Crippen molar-refractivity contribution in [2.45, 2.75) is 37.2 Å². The van der Waals surface area contributed by atoms with E-state index in [1.165, 1.54) is 12.1 Å². The van der Waals surface area contributed by atoms with Crippen LogP contribution >= 0.6 is 11.3 Å². The molecule has 0 spiro atoms. The lowest BCUT2D eigenvalue weighted by Gasteiger charge is -2.11. The van der Waals surface area contributed by atoms with Gasteiger partial charge in [-0.25, -0.2) is 18.1 Å². The number of pyridine rings is 1. The van der Waals surface area contributed by atoms with Gasteiger partial charge in [-0.2, -0.15) is 13.2 Å². The maximum Gasteiger partial charge on any atom is 0.417 e. The summed E-state index contributed by atoms with van der Waals surface area (Å²) in [7, 11) is -3.99. The van der Waals surface area contributed by atoms with Crippen molar-refractivity contribution in [1.29, 1.82) is 0 Å². The number of nitrogens with zero attached hydrogens (tertiary/aromatic N) is 1. The van der Waals surface area contributed by atoms with Gasteiger partial charge in [-0.05, 0) is 24.6 Å². The highest BCUT2D eigenvalue weighted by molar-refractivity contribution is 7.89. The van der Waals surface area contributed by atoms with Crippen LogP contribution in [0.1, 0.15) is 23.8 Å². The smallest absolute Gasteiger partial charge is 0.391 e. The molecule has 2 aromatic rings. The molecule has 0 amide bonds. The van der Waals surface area contributed by atoms with Gasteiger partial charge in [-0.3, -0.25) is 0 Å². The Hall–Kier alpha value is -1.69. The zero-order chi connectivity index (χ0) is 19.4. The molecule has 0 aromatic carbocycles. The van der Waals surface area contributed by atoms with Gasteiger partial charge in [-0.15, -0.1) is 11.3 Å². The fraction of sp³-hybridized carbons (Fsp3) is 0.400. The molecule has 6 nitrogen and oxygen atoms in total. The number of nitrogens with one attached hydrogen (secondary N) is 2. The Balaban J connectivity index is 2.04. The Morgan fingerprint density at radius 1 is 1.35 bits per heavy atom. The van der Waals surface area contributed by atoms with Crippen molar-refractivity contribution in [3.8, 4) is 0 Å². The highest BCUT2D eigenvalue weighted by atomic mass is 32.2. The summed E-state index contributed by atoms with van der Waals surface area (Å²) in [5.74, 6) is 0.274. The number of aliphatic hydroxyl groups is 1. The minimum Gasteiger partial charge on any atom is -0.391 e. The fourth-order valence-corrected chi connectivity index (χ4v) is 3.78. The number of hydrogen-bond acceptors (Lipinski definition) is 6. The van der Waals surface area contributed by atoms with Crippen molar-refractivity contribution in [1.82, 2.24) is 9.71 Å². The van der Waals surface area contributed by atoms with E-state index in [0.717, 1.165) is 22.8 Å². The molecule has 2 heterocycles. The van der Waals surface area contributed by atoms with E-state index < -0.39 is 27.9 Å². The molecule has 0 bridgehead atoms. The lowest BCUT2D eigenvalue weighted by Crippen LogP contribution is -2.24. The largest absolute Gasteiger partial charge is 0.417 e. The zero-order valence-corrected chi connectivity index (χ0v) is 15.4. The molecule has 0 aliphatic rings. The van der Waals surface area contributed by atoms with Crippen LogP contribution in [-0.4, -0.2) is 31.2 Å². The summed E-state index contributed by atoms with van der Waals surface area (Å²) in [6.07, 6.45) is -4.51. The summed E-state index contributed by atoms with van der Waals surface area (Å²) in [5.41, 5.74) is -0.810. The molecular formula is C15H18F3N3O3S2. The van der Waals surface area contributed by atoms with Crippen LogP contribution in [0.4, 0.5) is 19.0 Å². The summed E-state index contributed by atoms with van der Waals surface area (Å²) in [4.78, 5) is 4.20. The molecule has 3 N–H and O–H groups in total. The van der Waals surface area contributed by atoms with Gasteiger partial charge in [0.05, 0.1) is 11.7 Å². The maximum absolute atomic E-state index is 12.6. The normalized spacial score (nSPS) is 13.6. The predicted octanol–water partition coefficient (Wildman–Crippen LogP) is 2.82. The first-order valence-corrected chi connectivity index (χ1v) is 10.0.